The van der Waals surface area contributed by atoms with Gasteiger partial charge in [0.25, 0.3) is 0 Å². The molecule has 22 aromatic rings. The summed E-state index contributed by atoms with van der Waals surface area (Å²) in [5.74, 6) is 0. The van der Waals surface area contributed by atoms with Crippen molar-refractivity contribution in [2.45, 2.75) is 0 Å². The van der Waals surface area contributed by atoms with E-state index in [2.05, 4.69) is 266 Å². The zero-order valence-electron chi connectivity index (χ0n) is 59.3. The molecule has 0 radical (unpaired) electrons. The van der Waals surface area contributed by atoms with Crippen LogP contribution in [0.5, 0.6) is 0 Å². The zero-order valence-corrected chi connectivity index (χ0v) is 60.1. The summed E-state index contributed by atoms with van der Waals surface area (Å²) < 4.78 is 31.2. The third-order valence-electron chi connectivity index (χ3n) is 21.1. The van der Waals surface area contributed by atoms with Crippen LogP contribution < -0.4 is 10.6 Å². The van der Waals surface area contributed by atoms with Gasteiger partial charge in [-0.3, -0.25) is 0 Å². The number of rotatable bonds is 10. The van der Waals surface area contributed by atoms with Crippen LogP contribution in [0.3, 0.4) is 0 Å². The SMILES string of the molecule is Clc1ccc(-c2cccc3oc4ccccc4c23)cc1.Nc1ccc(-c2ccccc2-c2cccc3c2oc2ccccc23)cc1.c1ccc(-c2cccc3c2oc2ccccc23)c(-c2ccc(N(c3ccc(-c4cccc5oc6ccccc6c45)cc3)c3ccc(-c4cccc5oc6ccccc6c45)cc3)cc2)c1. The average molecular weight is 1430 g/mol. The molecule has 8 heteroatoms. The minimum Gasteiger partial charge on any atom is -0.456 e. The average Bonchev–Trinajstić information content (AvgIpc) is 1.62. The summed E-state index contributed by atoms with van der Waals surface area (Å²) in [5, 5.41) is 12.1. The summed E-state index contributed by atoms with van der Waals surface area (Å²) in [6.07, 6.45) is 0. The van der Waals surface area contributed by atoms with E-state index in [1.54, 1.807) is 0 Å². The van der Waals surface area contributed by atoms with Crippen molar-refractivity contribution < 1.29 is 22.1 Å². The second kappa shape index (κ2) is 27.5. The summed E-state index contributed by atoms with van der Waals surface area (Å²) >= 11 is 5.97. The number of halogens is 1. The molecule has 5 heterocycles. The van der Waals surface area contributed by atoms with Crippen molar-refractivity contribution in [2.24, 2.45) is 0 Å². The predicted octanol–water partition coefficient (Wildman–Crippen LogP) is 29.9. The van der Waals surface area contributed by atoms with E-state index >= 15 is 0 Å². The summed E-state index contributed by atoms with van der Waals surface area (Å²) in [6, 6.07) is 132. The Morgan fingerprint density at radius 1 is 0.191 bits per heavy atom. The lowest BCUT2D eigenvalue weighted by Gasteiger charge is -2.26. The van der Waals surface area contributed by atoms with Crippen molar-refractivity contribution in [3.63, 3.8) is 0 Å². The molecule has 0 aliphatic carbocycles. The van der Waals surface area contributed by atoms with Crippen LogP contribution in [0, 0.1) is 0 Å². The van der Waals surface area contributed by atoms with Gasteiger partial charge in [-0.1, -0.05) is 285 Å². The van der Waals surface area contributed by atoms with Crippen molar-refractivity contribution in [1.82, 2.24) is 0 Å². The Bertz CT molecular complexity index is 7070. The van der Waals surface area contributed by atoms with E-state index < -0.39 is 0 Å². The molecule has 0 unspecified atom stereocenters. The molecule has 0 fully saturated rings. The Morgan fingerprint density at radius 2 is 0.436 bits per heavy atom. The second-order valence-corrected chi connectivity index (χ2v) is 28.0. The standard InChI is InChI=1S/C60H37NO3.C24H17NO.C18H11ClO/c1-2-13-47(49-19-9-20-50-48-14-3-6-21-53(48)64-60(49)50)44(12-1)38-26-32-41(33-27-38)61(42-34-28-39(29-35-42)45-17-10-24-56-58(45)51-15-4-7-22-54(51)62-56)43-36-30-40(31-37-43)46-18-11-25-57-59(46)52-16-5-8-23-55(52)63-57;25-17-14-12-16(13-15-17)18-6-1-2-7-19(18)21-9-5-10-22-20-8-3-4-11-23(20)26-24(21)22;19-13-10-8-12(9-11-13)14-5-3-7-17-18(14)15-4-1-2-6-16(15)20-17/h1-37H;1-15H,25H2;1-11H. The van der Waals surface area contributed by atoms with Crippen LogP contribution in [0.15, 0.2) is 404 Å². The van der Waals surface area contributed by atoms with Crippen molar-refractivity contribution in [3.8, 4) is 77.9 Å². The van der Waals surface area contributed by atoms with Gasteiger partial charge in [-0.25, -0.2) is 0 Å². The van der Waals surface area contributed by atoms with Gasteiger partial charge in [0.05, 0.1) is 0 Å². The lowest BCUT2D eigenvalue weighted by Crippen LogP contribution is -2.09. The van der Waals surface area contributed by atoms with Gasteiger partial charge >= 0.3 is 0 Å². The highest BCUT2D eigenvalue weighted by Crippen LogP contribution is 2.47. The van der Waals surface area contributed by atoms with Crippen molar-refractivity contribution in [3.05, 3.63) is 387 Å². The quantitative estimate of drug-likeness (QED) is 0.136. The smallest absolute Gasteiger partial charge is 0.143 e. The van der Waals surface area contributed by atoms with Gasteiger partial charge in [-0.05, 0) is 176 Å². The van der Waals surface area contributed by atoms with E-state index in [0.717, 1.165) is 204 Å². The van der Waals surface area contributed by atoms with Crippen LogP contribution in [-0.4, -0.2) is 0 Å². The Hall–Kier alpha value is -14.4. The summed E-state index contributed by atoms with van der Waals surface area (Å²) in [5.41, 5.74) is 34.7. The molecule has 7 nitrogen and oxygen atoms in total. The number of anilines is 4. The molecule has 520 valence electrons. The fourth-order valence-corrected chi connectivity index (χ4v) is 16.1. The van der Waals surface area contributed by atoms with Crippen LogP contribution >= 0.6 is 11.6 Å². The van der Waals surface area contributed by atoms with E-state index in [0.29, 0.717) is 0 Å². The molecular formula is C102H65ClN2O5. The third kappa shape index (κ3) is 11.6. The number of nitrogen functional groups attached to an aromatic ring is 1. The van der Waals surface area contributed by atoms with Gasteiger partial charge in [0.15, 0.2) is 0 Å². The van der Waals surface area contributed by atoms with Gasteiger partial charge < -0.3 is 32.7 Å². The maximum atomic E-state index is 6.51. The van der Waals surface area contributed by atoms with E-state index in [1.807, 2.05) is 121 Å². The predicted molar refractivity (Wildman–Crippen MR) is 458 cm³/mol. The van der Waals surface area contributed by atoms with Crippen LogP contribution in [0.2, 0.25) is 5.02 Å². The van der Waals surface area contributed by atoms with Gasteiger partial charge in [-0.2, -0.15) is 0 Å². The Balaban J connectivity index is 0.000000139. The zero-order chi connectivity index (χ0) is 73.2. The number of fused-ring (bicyclic) bond motifs is 15. The molecule has 0 bridgehead atoms. The first kappa shape index (κ1) is 65.2. The molecule has 0 atom stereocenters. The number of nitrogens with two attached hydrogens (primary N) is 1. The minimum atomic E-state index is 0.748. The minimum absolute atomic E-state index is 0.748. The van der Waals surface area contributed by atoms with E-state index in [9.17, 15) is 0 Å². The Morgan fingerprint density at radius 3 is 0.800 bits per heavy atom. The molecule has 0 aliphatic heterocycles. The summed E-state index contributed by atoms with van der Waals surface area (Å²) in [7, 11) is 0. The molecule has 22 rings (SSSR count). The first-order valence-corrected chi connectivity index (χ1v) is 37.2. The second-order valence-electron chi connectivity index (χ2n) is 27.6. The van der Waals surface area contributed by atoms with Crippen molar-refractivity contribution in [2.75, 3.05) is 10.6 Å². The highest BCUT2D eigenvalue weighted by molar-refractivity contribution is 6.30. The van der Waals surface area contributed by atoms with E-state index in [4.69, 9.17) is 39.4 Å². The number of furan rings is 5. The molecule has 5 aromatic heterocycles. The van der Waals surface area contributed by atoms with Crippen molar-refractivity contribution >= 4 is 144 Å². The molecule has 0 saturated heterocycles. The summed E-state index contributed by atoms with van der Waals surface area (Å²) in [4.78, 5) is 2.33. The Kier molecular flexibility index (Phi) is 16.3. The number of hydrogen-bond acceptors (Lipinski definition) is 7. The maximum absolute atomic E-state index is 6.51. The molecule has 0 spiro atoms. The van der Waals surface area contributed by atoms with E-state index in [1.165, 1.54) is 11.1 Å². The van der Waals surface area contributed by atoms with Crippen LogP contribution in [0.4, 0.5) is 22.7 Å². The molecule has 0 saturated carbocycles. The van der Waals surface area contributed by atoms with Gasteiger partial charge in [0.2, 0.25) is 0 Å². The topological polar surface area (TPSA) is 95.0 Å². The fraction of sp³-hybridized carbons (Fsp3) is 0. The maximum Gasteiger partial charge on any atom is 0.143 e. The number of benzene rings is 17. The highest BCUT2D eigenvalue weighted by Gasteiger charge is 2.22. The molecule has 17 aromatic carbocycles. The third-order valence-corrected chi connectivity index (χ3v) is 21.4. The lowest BCUT2D eigenvalue weighted by molar-refractivity contribution is 0.668. The highest BCUT2D eigenvalue weighted by atomic mass is 35.5. The van der Waals surface area contributed by atoms with Crippen molar-refractivity contribution in [1.29, 1.82) is 0 Å². The molecule has 0 amide bonds. The first-order chi connectivity index (χ1) is 54.4. The molecular weight excluding hydrogens is 1370 g/mol. The van der Waals surface area contributed by atoms with Crippen LogP contribution in [0.25, 0.3) is 188 Å². The first-order valence-electron chi connectivity index (χ1n) is 36.8. The fourth-order valence-electron chi connectivity index (χ4n) is 16.0. The molecule has 0 aliphatic rings. The number of hydrogen-bond donors (Lipinski definition) is 1. The van der Waals surface area contributed by atoms with Crippen LogP contribution in [0.1, 0.15) is 0 Å². The van der Waals surface area contributed by atoms with Crippen LogP contribution in [-0.2, 0) is 0 Å². The monoisotopic (exact) mass is 1430 g/mol. The molecule has 110 heavy (non-hydrogen) atoms. The van der Waals surface area contributed by atoms with Gasteiger partial charge in [-0.15, -0.1) is 0 Å². The largest absolute Gasteiger partial charge is 0.456 e. The summed E-state index contributed by atoms with van der Waals surface area (Å²) in [6.45, 7) is 0. The van der Waals surface area contributed by atoms with Gasteiger partial charge in [0, 0.05) is 92.8 Å². The lowest BCUT2D eigenvalue weighted by atomic mass is 9.93. The van der Waals surface area contributed by atoms with E-state index in [-0.39, 0.29) is 0 Å². The Labute approximate surface area is 637 Å². The normalized spacial score (nSPS) is 11.5. The molecule has 2 N–H and O–H groups in total. The number of para-hydroxylation sites is 7. The van der Waals surface area contributed by atoms with Gasteiger partial charge in [0.1, 0.15) is 55.8 Å². The number of nitrogens with zero attached hydrogens (tertiary/aromatic N) is 1.